The normalized spacial score (nSPS) is 16.3. The molecule has 0 unspecified atom stereocenters. The zero-order valence-electron chi connectivity index (χ0n) is 12.5. The highest BCUT2D eigenvalue weighted by atomic mass is 32.1. The Balaban J connectivity index is 1.39. The molecule has 22 heavy (non-hydrogen) atoms. The Labute approximate surface area is 134 Å². The van der Waals surface area contributed by atoms with Gasteiger partial charge in [0.2, 0.25) is 0 Å². The zero-order valence-corrected chi connectivity index (χ0v) is 13.3. The third-order valence-corrected chi connectivity index (χ3v) is 5.30. The van der Waals surface area contributed by atoms with Gasteiger partial charge in [-0.25, -0.2) is 4.98 Å². The first-order chi connectivity index (χ1) is 10.9. The highest BCUT2D eigenvalue weighted by molar-refractivity contribution is 7.19. The van der Waals surface area contributed by atoms with E-state index in [-0.39, 0.29) is 0 Å². The van der Waals surface area contributed by atoms with Crippen LogP contribution in [0.15, 0.2) is 54.7 Å². The van der Waals surface area contributed by atoms with E-state index in [1.165, 1.54) is 15.0 Å². The Kier molecular flexibility index (Phi) is 3.79. The predicted octanol–water partition coefficient (Wildman–Crippen LogP) is 3.62. The standard InChI is InChI=1S/C18H19N3S/c1-2-6-17-15(5-1)13-16(22-17)14-20-9-11-21(12-10-20)18-7-3-4-8-19-18/h1-8,13H,9-12,14H2. The van der Waals surface area contributed by atoms with Crippen LogP contribution in [-0.2, 0) is 6.54 Å². The lowest BCUT2D eigenvalue weighted by atomic mass is 10.2. The summed E-state index contributed by atoms with van der Waals surface area (Å²) in [6.07, 6.45) is 1.87. The number of aromatic nitrogens is 1. The van der Waals surface area contributed by atoms with E-state index in [0.717, 1.165) is 38.5 Å². The lowest BCUT2D eigenvalue weighted by Crippen LogP contribution is -2.46. The molecule has 0 atom stereocenters. The number of piperazine rings is 1. The van der Waals surface area contributed by atoms with Crippen LogP contribution in [-0.4, -0.2) is 36.1 Å². The molecule has 0 spiro atoms. The molecule has 1 fully saturated rings. The molecule has 0 saturated carbocycles. The van der Waals surface area contributed by atoms with Crippen LogP contribution >= 0.6 is 11.3 Å². The molecule has 0 radical (unpaired) electrons. The lowest BCUT2D eigenvalue weighted by molar-refractivity contribution is 0.251. The van der Waals surface area contributed by atoms with Crippen LogP contribution < -0.4 is 4.90 Å². The van der Waals surface area contributed by atoms with Crippen molar-refractivity contribution in [3.05, 3.63) is 59.6 Å². The second-order valence-electron chi connectivity index (χ2n) is 5.70. The maximum Gasteiger partial charge on any atom is 0.128 e. The highest BCUT2D eigenvalue weighted by Gasteiger charge is 2.18. The first-order valence-electron chi connectivity index (χ1n) is 7.74. The van der Waals surface area contributed by atoms with Crippen LogP contribution in [0.2, 0.25) is 0 Å². The van der Waals surface area contributed by atoms with Gasteiger partial charge in [0.25, 0.3) is 0 Å². The molecule has 0 amide bonds. The quantitative estimate of drug-likeness (QED) is 0.736. The number of rotatable bonds is 3. The topological polar surface area (TPSA) is 19.4 Å². The molecule has 3 heterocycles. The molecule has 1 aliphatic heterocycles. The highest BCUT2D eigenvalue weighted by Crippen LogP contribution is 2.26. The van der Waals surface area contributed by atoms with E-state index in [1.807, 2.05) is 23.6 Å². The third kappa shape index (κ3) is 2.85. The molecule has 4 rings (SSSR count). The summed E-state index contributed by atoms with van der Waals surface area (Å²) >= 11 is 1.92. The van der Waals surface area contributed by atoms with E-state index in [1.54, 1.807) is 0 Å². The Morgan fingerprint density at radius 3 is 2.55 bits per heavy atom. The Hall–Kier alpha value is -1.91. The van der Waals surface area contributed by atoms with Crippen molar-refractivity contribution < 1.29 is 0 Å². The van der Waals surface area contributed by atoms with Crippen LogP contribution in [0.3, 0.4) is 0 Å². The Bertz CT molecular complexity index is 712. The number of fused-ring (bicyclic) bond motifs is 1. The third-order valence-electron chi connectivity index (χ3n) is 4.20. The summed E-state index contributed by atoms with van der Waals surface area (Å²) in [5.41, 5.74) is 0. The minimum atomic E-state index is 1.06. The van der Waals surface area contributed by atoms with Gasteiger partial charge in [0, 0.05) is 48.5 Å². The molecular weight excluding hydrogens is 290 g/mol. The van der Waals surface area contributed by atoms with Crippen LogP contribution in [0.4, 0.5) is 5.82 Å². The van der Waals surface area contributed by atoms with Gasteiger partial charge in [-0.15, -0.1) is 11.3 Å². The number of nitrogens with zero attached hydrogens (tertiary/aromatic N) is 3. The van der Waals surface area contributed by atoms with Gasteiger partial charge in [0.15, 0.2) is 0 Å². The molecule has 0 bridgehead atoms. The molecule has 3 aromatic rings. The van der Waals surface area contributed by atoms with Gasteiger partial charge in [-0.05, 0) is 29.7 Å². The van der Waals surface area contributed by atoms with Crippen LogP contribution in [0.5, 0.6) is 0 Å². The molecule has 4 heteroatoms. The smallest absolute Gasteiger partial charge is 0.128 e. The summed E-state index contributed by atoms with van der Waals surface area (Å²) in [6.45, 7) is 5.38. The lowest BCUT2D eigenvalue weighted by Gasteiger charge is -2.35. The second-order valence-corrected chi connectivity index (χ2v) is 6.87. The monoisotopic (exact) mass is 309 g/mol. The summed E-state index contributed by atoms with van der Waals surface area (Å²) in [6, 6.07) is 17.1. The second kappa shape index (κ2) is 6.07. The summed E-state index contributed by atoms with van der Waals surface area (Å²) in [5.74, 6) is 1.10. The van der Waals surface area contributed by atoms with Crippen LogP contribution in [0.1, 0.15) is 4.88 Å². The summed E-state index contributed by atoms with van der Waals surface area (Å²) in [5, 5.41) is 1.37. The van der Waals surface area contributed by atoms with Gasteiger partial charge >= 0.3 is 0 Å². The number of pyridine rings is 1. The van der Waals surface area contributed by atoms with Crippen molar-refractivity contribution in [1.82, 2.24) is 9.88 Å². The molecule has 1 saturated heterocycles. The Morgan fingerprint density at radius 2 is 1.77 bits per heavy atom. The van der Waals surface area contributed by atoms with E-state index in [9.17, 15) is 0 Å². The predicted molar refractivity (Wildman–Crippen MR) is 93.6 cm³/mol. The number of hydrogen-bond donors (Lipinski definition) is 0. The number of anilines is 1. The fourth-order valence-electron chi connectivity index (χ4n) is 3.01. The zero-order chi connectivity index (χ0) is 14.8. The molecule has 0 aliphatic carbocycles. The fraction of sp³-hybridized carbons (Fsp3) is 0.278. The molecule has 0 N–H and O–H groups in total. The minimum absolute atomic E-state index is 1.06. The van der Waals surface area contributed by atoms with Crippen molar-refractivity contribution in [3.8, 4) is 0 Å². The molecule has 3 nitrogen and oxygen atoms in total. The SMILES string of the molecule is c1ccc(N2CCN(Cc3cc4ccccc4s3)CC2)nc1. The average Bonchev–Trinajstić information content (AvgIpc) is 2.98. The molecular formula is C18H19N3S. The van der Waals surface area contributed by atoms with Crippen molar-refractivity contribution in [3.63, 3.8) is 0 Å². The minimum Gasteiger partial charge on any atom is -0.354 e. The average molecular weight is 309 g/mol. The van der Waals surface area contributed by atoms with Gasteiger partial charge in [-0.1, -0.05) is 24.3 Å². The fourth-order valence-corrected chi connectivity index (χ4v) is 4.12. The van der Waals surface area contributed by atoms with Crippen LogP contribution in [0, 0.1) is 0 Å². The largest absolute Gasteiger partial charge is 0.354 e. The summed E-state index contributed by atoms with van der Waals surface area (Å²) in [7, 11) is 0. The van der Waals surface area contributed by atoms with E-state index in [4.69, 9.17) is 0 Å². The van der Waals surface area contributed by atoms with Crippen molar-refractivity contribution in [2.45, 2.75) is 6.54 Å². The molecule has 2 aromatic heterocycles. The van der Waals surface area contributed by atoms with Crippen molar-refractivity contribution in [2.24, 2.45) is 0 Å². The maximum atomic E-state index is 4.45. The Morgan fingerprint density at radius 1 is 0.955 bits per heavy atom. The van der Waals surface area contributed by atoms with Gasteiger partial charge in [0.1, 0.15) is 5.82 Å². The van der Waals surface area contributed by atoms with Crippen molar-refractivity contribution in [2.75, 3.05) is 31.1 Å². The summed E-state index contributed by atoms with van der Waals surface area (Å²) in [4.78, 5) is 10.8. The number of thiophene rings is 1. The first kappa shape index (κ1) is 13.7. The van der Waals surface area contributed by atoms with Crippen molar-refractivity contribution in [1.29, 1.82) is 0 Å². The van der Waals surface area contributed by atoms with Gasteiger partial charge in [0.05, 0.1) is 0 Å². The van der Waals surface area contributed by atoms with Gasteiger partial charge < -0.3 is 4.90 Å². The van der Waals surface area contributed by atoms with Crippen LogP contribution in [0.25, 0.3) is 10.1 Å². The molecule has 1 aromatic carbocycles. The van der Waals surface area contributed by atoms with E-state index in [0.29, 0.717) is 0 Å². The van der Waals surface area contributed by atoms with E-state index in [2.05, 4.69) is 57.2 Å². The molecule has 112 valence electrons. The number of hydrogen-bond acceptors (Lipinski definition) is 4. The number of benzene rings is 1. The molecule has 1 aliphatic rings. The van der Waals surface area contributed by atoms with E-state index >= 15 is 0 Å². The van der Waals surface area contributed by atoms with Gasteiger partial charge in [-0.2, -0.15) is 0 Å². The van der Waals surface area contributed by atoms with Crippen molar-refractivity contribution >= 4 is 27.2 Å². The summed E-state index contributed by atoms with van der Waals surface area (Å²) < 4.78 is 1.39. The van der Waals surface area contributed by atoms with E-state index < -0.39 is 0 Å². The first-order valence-corrected chi connectivity index (χ1v) is 8.56. The van der Waals surface area contributed by atoms with Gasteiger partial charge in [-0.3, -0.25) is 4.90 Å². The maximum absolute atomic E-state index is 4.45.